The Bertz CT molecular complexity index is 396. The summed E-state index contributed by atoms with van der Waals surface area (Å²) in [4.78, 5) is 0. The van der Waals surface area contributed by atoms with Crippen LogP contribution in [-0.2, 0) is 17.6 Å². The van der Waals surface area contributed by atoms with Crippen molar-refractivity contribution in [3.63, 3.8) is 0 Å². The van der Waals surface area contributed by atoms with E-state index in [0.717, 1.165) is 45.3 Å². The van der Waals surface area contributed by atoms with Gasteiger partial charge in [-0.2, -0.15) is 0 Å². The fraction of sp³-hybridized carbons (Fsp3) is 0.600. The second kappa shape index (κ2) is 4.43. The first-order valence-corrected chi connectivity index (χ1v) is 6.65. The molecule has 2 aliphatic rings. The summed E-state index contributed by atoms with van der Waals surface area (Å²) in [7, 11) is 0. The molecule has 3 rings (SSSR count). The normalized spacial score (nSPS) is 33.1. The van der Waals surface area contributed by atoms with E-state index in [2.05, 4.69) is 24.3 Å². The second-order valence-corrected chi connectivity index (χ2v) is 5.46. The first kappa shape index (κ1) is 11.2. The number of benzene rings is 1. The Balaban J connectivity index is 1.81. The van der Waals surface area contributed by atoms with Gasteiger partial charge in [0.15, 0.2) is 0 Å². The summed E-state index contributed by atoms with van der Waals surface area (Å²) in [5.74, 6) is 0.324. The molecule has 0 bridgehead atoms. The zero-order valence-electron chi connectivity index (χ0n) is 10.2. The van der Waals surface area contributed by atoms with Crippen molar-refractivity contribution < 1.29 is 9.84 Å². The van der Waals surface area contributed by atoms with Gasteiger partial charge in [-0.05, 0) is 36.8 Å². The van der Waals surface area contributed by atoms with Crippen LogP contribution in [0.5, 0.6) is 0 Å². The largest absolute Gasteiger partial charge is 0.389 e. The minimum Gasteiger partial charge on any atom is -0.389 e. The molecule has 0 aromatic heterocycles. The van der Waals surface area contributed by atoms with Gasteiger partial charge in [0.2, 0.25) is 0 Å². The molecule has 0 amide bonds. The standard InChI is InChI=1S/C15H20O2/c16-15(14-6-3-9-17-11-14)8-7-12-4-1-2-5-13(12)10-15/h1-2,4-5,14,16H,3,6-11H2. The molecule has 2 heteroatoms. The zero-order valence-corrected chi connectivity index (χ0v) is 10.2. The van der Waals surface area contributed by atoms with Gasteiger partial charge in [-0.1, -0.05) is 24.3 Å². The Hall–Kier alpha value is -0.860. The average molecular weight is 232 g/mol. The van der Waals surface area contributed by atoms with Crippen molar-refractivity contribution in [1.82, 2.24) is 0 Å². The Morgan fingerprint density at radius 3 is 2.82 bits per heavy atom. The smallest absolute Gasteiger partial charge is 0.0741 e. The van der Waals surface area contributed by atoms with Gasteiger partial charge in [0, 0.05) is 18.9 Å². The van der Waals surface area contributed by atoms with Gasteiger partial charge in [-0.15, -0.1) is 0 Å². The molecule has 2 atom stereocenters. The molecule has 1 heterocycles. The van der Waals surface area contributed by atoms with Crippen molar-refractivity contribution >= 4 is 0 Å². The van der Waals surface area contributed by atoms with Gasteiger partial charge in [0.25, 0.3) is 0 Å². The molecule has 2 nitrogen and oxygen atoms in total. The van der Waals surface area contributed by atoms with Gasteiger partial charge >= 0.3 is 0 Å². The first-order valence-electron chi connectivity index (χ1n) is 6.65. The fourth-order valence-corrected chi connectivity index (χ4v) is 3.26. The minimum atomic E-state index is -0.533. The Labute approximate surface area is 103 Å². The molecular formula is C15H20O2. The third kappa shape index (κ3) is 2.12. The summed E-state index contributed by atoms with van der Waals surface area (Å²) in [6.45, 7) is 1.60. The summed E-state index contributed by atoms with van der Waals surface area (Å²) in [5.41, 5.74) is 2.20. The molecular weight excluding hydrogens is 212 g/mol. The van der Waals surface area contributed by atoms with Crippen LogP contribution in [0.1, 0.15) is 30.4 Å². The van der Waals surface area contributed by atoms with Gasteiger partial charge in [-0.3, -0.25) is 0 Å². The molecule has 17 heavy (non-hydrogen) atoms. The van der Waals surface area contributed by atoms with Gasteiger partial charge in [0.05, 0.1) is 12.2 Å². The molecule has 92 valence electrons. The molecule has 1 aliphatic heterocycles. The maximum Gasteiger partial charge on any atom is 0.0741 e. The maximum atomic E-state index is 10.9. The number of aliphatic hydroxyl groups is 1. The van der Waals surface area contributed by atoms with Crippen LogP contribution in [0.15, 0.2) is 24.3 Å². The molecule has 0 radical (unpaired) electrons. The summed E-state index contributed by atoms with van der Waals surface area (Å²) < 4.78 is 5.53. The Morgan fingerprint density at radius 1 is 1.24 bits per heavy atom. The predicted octanol–water partition coefficient (Wildman–Crippen LogP) is 2.33. The number of fused-ring (bicyclic) bond motifs is 1. The molecule has 1 fully saturated rings. The van der Waals surface area contributed by atoms with Crippen molar-refractivity contribution in [3.8, 4) is 0 Å². The highest BCUT2D eigenvalue weighted by molar-refractivity contribution is 5.31. The predicted molar refractivity (Wildman–Crippen MR) is 67.0 cm³/mol. The molecule has 2 unspecified atom stereocenters. The molecule has 1 aliphatic carbocycles. The molecule has 0 spiro atoms. The monoisotopic (exact) mass is 232 g/mol. The number of hydrogen-bond donors (Lipinski definition) is 1. The highest BCUT2D eigenvalue weighted by Crippen LogP contribution is 2.37. The summed E-state index contributed by atoms with van der Waals surface area (Å²) in [5, 5.41) is 10.9. The van der Waals surface area contributed by atoms with E-state index in [1.54, 1.807) is 0 Å². The summed E-state index contributed by atoms with van der Waals surface area (Å²) in [6.07, 6.45) is 4.89. The van der Waals surface area contributed by atoms with Crippen LogP contribution < -0.4 is 0 Å². The van der Waals surface area contributed by atoms with Gasteiger partial charge < -0.3 is 9.84 Å². The van der Waals surface area contributed by atoms with Crippen LogP contribution in [0.2, 0.25) is 0 Å². The van der Waals surface area contributed by atoms with Crippen LogP contribution in [0, 0.1) is 5.92 Å². The van der Waals surface area contributed by atoms with E-state index < -0.39 is 5.60 Å². The molecule has 1 N–H and O–H groups in total. The zero-order chi connectivity index (χ0) is 11.7. The fourth-order valence-electron chi connectivity index (χ4n) is 3.26. The van der Waals surface area contributed by atoms with Gasteiger partial charge in [0.1, 0.15) is 0 Å². The average Bonchev–Trinajstić information content (AvgIpc) is 2.40. The van der Waals surface area contributed by atoms with Crippen LogP contribution in [0.4, 0.5) is 0 Å². The highest BCUT2D eigenvalue weighted by Gasteiger charge is 2.40. The van der Waals surface area contributed by atoms with E-state index in [4.69, 9.17) is 4.74 Å². The van der Waals surface area contributed by atoms with E-state index in [9.17, 15) is 5.11 Å². The third-order valence-corrected chi connectivity index (χ3v) is 4.36. The van der Waals surface area contributed by atoms with Crippen molar-refractivity contribution in [2.75, 3.05) is 13.2 Å². The minimum absolute atomic E-state index is 0.324. The molecule has 1 aromatic rings. The van der Waals surface area contributed by atoms with Crippen molar-refractivity contribution in [2.24, 2.45) is 5.92 Å². The third-order valence-electron chi connectivity index (χ3n) is 4.36. The van der Waals surface area contributed by atoms with Crippen LogP contribution >= 0.6 is 0 Å². The van der Waals surface area contributed by atoms with E-state index in [1.165, 1.54) is 11.1 Å². The van der Waals surface area contributed by atoms with Crippen molar-refractivity contribution in [2.45, 2.75) is 37.7 Å². The lowest BCUT2D eigenvalue weighted by atomic mass is 9.71. The number of aryl methyl sites for hydroxylation is 1. The van der Waals surface area contributed by atoms with Crippen LogP contribution in [0.3, 0.4) is 0 Å². The molecule has 0 saturated carbocycles. The Kier molecular flexibility index (Phi) is 2.93. The van der Waals surface area contributed by atoms with Crippen LogP contribution in [-0.4, -0.2) is 23.9 Å². The summed E-state index contributed by atoms with van der Waals surface area (Å²) >= 11 is 0. The van der Waals surface area contributed by atoms with Gasteiger partial charge in [-0.25, -0.2) is 0 Å². The van der Waals surface area contributed by atoms with E-state index in [1.807, 2.05) is 0 Å². The van der Waals surface area contributed by atoms with E-state index in [-0.39, 0.29) is 0 Å². The summed E-state index contributed by atoms with van der Waals surface area (Å²) in [6, 6.07) is 8.50. The topological polar surface area (TPSA) is 29.5 Å². The quantitative estimate of drug-likeness (QED) is 0.805. The van der Waals surface area contributed by atoms with Crippen molar-refractivity contribution in [1.29, 1.82) is 0 Å². The second-order valence-electron chi connectivity index (χ2n) is 5.46. The SMILES string of the molecule is OC1(C2CCCOC2)CCc2ccccc2C1. The maximum absolute atomic E-state index is 10.9. The van der Waals surface area contributed by atoms with E-state index in [0.29, 0.717) is 5.92 Å². The van der Waals surface area contributed by atoms with Crippen molar-refractivity contribution in [3.05, 3.63) is 35.4 Å². The number of ether oxygens (including phenoxy) is 1. The highest BCUT2D eigenvalue weighted by atomic mass is 16.5. The first-order chi connectivity index (χ1) is 8.28. The lowest BCUT2D eigenvalue weighted by Gasteiger charge is -2.41. The lowest BCUT2D eigenvalue weighted by molar-refractivity contribution is -0.0861. The molecule has 1 saturated heterocycles. The Morgan fingerprint density at radius 2 is 2.06 bits per heavy atom. The van der Waals surface area contributed by atoms with E-state index >= 15 is 0 Å². The lowest BCUT2D eigenvalue weighted by Crippen LogP contribution is -2.46. The molecule has 1 aromatic carbocycles. The number of rotatable bonds is 1. The van der Waals surface area contributed by atoms with Crippen LogP contribution in [0.25, 0.3) is 0 Å². The number of hydrogen-bond acceptors (Lipinski definition) is 2.